The van der Waals surface area contributed by atoms with Gasteiger partial charge in [0.2, 0.25) is 0 Å². The standard InChI is InChI=1S/C30H41BO8/c1-7-28(4)14-19(23(27(34)35)39-21-9-8-18-15-38-31(36)22(18)24(21)37-6)29(5)16(2)10-12-30(17(3)26(28)33)13-11-20(32)25(29)30/h7-9,16-17,19,23,25-26,33,36H,1,10-15H2,2-6H3,(H,34,35)/t16-,17+,19+,23?,25+,26+,28-,29-,30+/m1/s1. The zero-order valence-electron chi connectivity index (χ0n) is 23.6. The lowest BCUT2D eigenvalue weighted by atomic mass is 9.41. The van der Waals surface area contributed by atoms with E-state index in [4.69, 9.17) is 14.1 Å². The fraction of sp³-hybridized carbons (Fsp3) is 0.667. The molecule has 0 spiro atoms. The van der Waals surface area contributed by atoms with Crippen molar-refractivity contribution in [2.24, 2.45) is 39.9 Å². The first kappa shape index (κ1) is 28.2. The smallest absolute Gasteiger partial charge is 0.493 e. The van der Waals surface area contributed by atoms with Crippen LogP contribution in [0.1, 0.15) is 65.4 Å². The summed E-state index contributed by atoms with van der Waals surface area (Å²) in [6.07, 6.45) is 2.72. The maximum atomic E-state index is 13.7. The number of ether oxygens (including phenoxy) is 2. The summed E-state index contributed by atoms with van der Waals surface area (Å²) in [5.74, 6) is -1.64. The van der Waals surface area contributed by atoms with E-state index in [2.05, 4.69) is 27.4 Å². The van der Waals surface area contributed by atoms with Crippen molar-refractivity contribution in [3.63, 3.8) is 0 Å². The Hall–Kier alpha value is -2.36. The molecule has 0 saturated heterocycles. The van der Waals surface area contributed by atoms with E-state index in [0.29, 0.717) is 24.7 Å². The van der Waals surface area contributed by atoms with Gasteiger partial charge in [0.05, 0.1) is 19.8 Å². The Morgan fingerprint density at radius 2 is 2.00 bits per heavy atom. The number of carboxylic acid groups (broad SMARTS) is 1. The van der Waals surface area contributed by atoms with Gasteiger partial charge in [0.15, 0.2) is 17.6 Å². The topological polar surface area (TPSA) is 123 Å². The molecule has 1 aromatic rings. The van der Waals surface area contributed by atoms with Gasteiger partial charge in [-0.3, -0.25) is 4.79 Å². The minimum Gasteiger partial charge on any atom is -0.493 e. The van der Waals surface area contributed by atoms with Gasteiger partial charge in [-0.05, 0) is 60.0 Å². The Kier molecular flexibility index (Phi) is 6.96. The van der Waals surface area contributed by atoms with Crippen molar-refractivity contribution in [3.05, 3.63) is 30.4 Å². The molecule has 0 amide bonds. The van der Waals surface area contributed by atoms with E-state index in [1.807, 2.05) is 6.92 Å². The van der Waals surface area contributed by atoms with Crippen molar-refractivity contribution in [3.8, 4) is 11.5 Å². The lowest BCUT2D eigenvalue weighted by Crippen LogP contribution is -2.63. The minimum absolute atomic E-state index is 0.0572. The molecule has 0 aromatic heterocycles. The third-order valence-electron chi connectivity index (χ3n) is 11.4. The maximum absolute atomic E-state index is 13.7. The number of carboxylic acids is 1. The van der Waals surface area contributed by atoms with Gasteiger partial charge in [-0.2, -0.15) is 0 Å². The van der Waals surface area contributed by atoms with E-state index in [1.165, 1.54) is 7.11 Å². The molecular weight excluding hydrogens is 499 g/mol. The Morgan fingerprint density at radius 1 is 1.28 bits per heavy atom. The number of aliphatic carboxylic acids is 1. The summed E-state index contributed by atoms with van der Waals surface area (Å²) < 4.78 is 17.3. The number of aliphatic hydroxyl groups is 1. The van der Waals surface area contributed by atoms with Crippen molar-refractivity contribution in [1.29, 1.82) is 0 Å². The van der Waals surface area contributed by atoms with Crippen molar-refractivity contribution >= 4 is 24.3 Å². The Balaban J connectivity index is 1.68. The summed E-state index contributed by atoms with van der Waals surface area (Å²) >= 11 is 0. The SMILES string of the molecule is C=C[C@]1(C)C[C@@H](C(Oc2ccc3c(c2OC)B(O)OC3)C(=O)O)[C@@]2(C)[C@H](C)CC[C@]3(CCC(=O)[C@H]32)[C@@H](C)[C@@H]1O. The van der Waals surface area contributed by atoms with Gasteiger partial charge < -0.3 is 29.4 Å². The zero-order chi connectivity index (χ0) is 28.5. The lowest BCUT2D eigenvalue weighted by molar-refractivity contribution is -0.193. The van der Waals surface area contributed by atoms with Crippen molar-refractivity contribution in [2.75, 3.05) is 7.11 Å². The molecule has 1 aliphatic heterocycles. The van der Waals surface area contributed by atoms with Gasteiger partial charge in [-0.15, -0.1) is 6.58 Å². The van der Waals surface area contributed by atoms with Crippen LogP contribution in [0.5, 0.6) is 11.5 Å². The highest BCUT2D eigenvalue weighted by Gasteiger charge is 2.69. The Bertz CT molecular complexity index is 1190. The number of rotatable bonds is 6. The first-order valence-electron chi connectivity index (χ1n) is 14.1. The molecule has 1 aromatic carbocycles. The average molecular weight is 540 g/mol. The predicted octanol–water partition coefficient (Wildman–Crippen LogP) is 3.36. The summed E-state index contributed by atoms with van der Waals surface area (Å²) in [7, 11) is 0.248. The first-order valence-corrected chi connectivity index (χ1v) is 14.1. The molecule has 0 radical (unpaired) electrons. The highest BCUT2D eigenvalue weighted by Crippen LogP contribution is 2.69. The number of Topliss-reactive ketones (excluding diaryl/α,β-unsaturated/α-hetero) is 1. The van der Waals surface area contributed by atoms with E-state index in [0.717, 1.165) is 18.4 Å². The number of ketones is 1. The lowest BCUT2D eigenvalue weighted by Gasteiger charge is -2.63. The predicted molar refractivity (Wildman–Crippen MR) is 146 cm³/mol. The minimum atomic E-state index is -1.34. The molecular formula is C30H41BO8. The van der Waals surface area contributed by atoms with Crippen LogP contribution < -0.4 is 14.9 Å². The maximum Gasteiger partial charge on any atom is 0.495 e. The molecule has 3 fully saturated rings. The number of benzene rings is 1. The van der Waals surface area contributed by atoms with E-state index in [-0.39, 0.29) is 41.6 Å². The Morgan fingerprint density at radius 3 is 2.64 bits per heavy atom. The molecule has 3 aliphatic carbocycles. The second-order valence-corrected chi connectivity index (χ2v) is 12.9. The van der Waals surface area contributed by atoms with Crippen LogP contribution in [0.4, 0.5) is 0 Å². The highest BCUT2D eigenvalue weighted by atomic mass is 16.5. The second kappa shape index (κ2) is 9.63. The van der Waals surface area contributed by atoms with Crippen molar-refractivity contribution in [1.82, 2.24) is 0 Å². The molecule has 3 saturated carbocycles. The Labute approximate surface area is 230 Å². The third-order valence-corrected chi connectivity index (χ3v) is 11.4. The summed E-state index contributed by atoms with van der Waals surface area (Å²) in [4.78, 5) is 26.8. The van der Waals surface area contributed by atoms with E-state index in [1.54, 1.807) is 18.2 Å². The first-order chi connectivity index (χ1) is 18.4. The van der Waals surface area contributed by atoms with Crippen LogP contribution in [0.25, 0.3) is 0 Å². The van der Waals surface area contributed by atoms with Crippen LogP contribution in [0.3, 0.4) is 0 Å². The molecule has 39 heavy (non-hydrogen) atoms. The van der Waals surface area contributed by atoms with Crippen LogP contribution in [0.15, 0.2) is 24.8 Å². The molecule has 1 heterocycles. The monoisotopic (exact) mass is 540 g/mol. The molecule has 5 rings (SSSR count). The normalized spacial score (nSPS) is 40.2. The van der Waals surface area contributed by atoms with Gasteiger partial charge >= 0.3 is 13.1 Å². The number of fused-ring (bicyclic) bond motifs is 1. The van der Waals surface area contributed by atoms with E-state index >= 15 is 0 Å². The van der Waals surface area contributed by atoms with Gasteiger partial charge in [-0.25, -0.2) is 4.79 Å². The van der Waals surface area contributed by atoms with Crippen molar-refractivity contribution < 1.29 is 39.0 Å². The molecule has 9 atom stereocenters. The number of carbonyl (C=O) groups excluding carboxylic acids is 1. The summed E-state index contributed by atoms with van der Waals surface area (Å²) in [5, 5.41) is 32.9. The fourth-order valence-corrected chi connectivity index (χ4v) is 8.93. The van der Waals surface area contributed by atoms with Gasteiger partial charge in [0.25, 0.3) is 0 Å². The van der Waals surface area contributed by atoms with Gasteiger partial charge in [-0.1, -0.05) is 39.8 Å². The second-order valence-electron chi connectivity index (χ2n) is 12.9. The fourth-order valence-electron chi connectivity index (χ4n) is 8.93. The molecule has 3 N–H and O–H groups in total. The highest BCUT2D eigenvalue weighted by molar-refractivity contribution is 6.62. The third kappa shape index (κ3) is 3.91. The summed E-state index contributed by atoms with van der Waals surface area (Å²) in [5.41, 5.74) is -0.722. The van der Waals surface area contributed by atoms with Crippen LogP contribution in [0, 0.1) is 39.9 Å². The zero-order valence-corrected chi connectivity index (χ0v) is 23.6. The van der Waals surface area contributed by atoms with Crippen LogP contribution in [-0.2, 0) is 20.9 Å². The number of hydrogen-bond donors (Lipinski definition) is 3. The van der Waals surface area contributed by atoms with E-state index < -0.39 is 47.5 Å². The number of hydrogen-bond acceptors (Lipinski definition) is 7. The summed E-state index contributed by atoms with van der Waals surface area (Å²) in [6, 6.07) is 3.40. The molecule has 9 heteroatoms. The quantitative estimate of drug-likeness (QED) is 0.371. The molecule has 8 nitrogen and oxygen atoms in total. The molecule has 212 valence electrons. The van der Waals surface area contributed by atoms with Crippen LogP contribution >= 0.6 is 0 Å². The van der Waals surface area contributed by atoms with E-state index in [9.17, 15) is 24.8 Å². The van der Waals surface area contributed by atoms with Gasteiger partial charge in [0, 0.05) is 29.1 Å². The van der Waals surface area contributed by atoms with Crippen LogP contribution in [-0.4, -0.2) is 53.4 Å². The number of methoxy groups -OCH3 is 1. The largest absolute Gasteiger partial charge is 0.495 e. The van der Waals surface area contributed by atoms with Gasteiger partial charge in [0.1, 0.15) is 5.78 Å². The van der Waals surface area contributed by atoms with Crippen LogP contribution in [0.2, 0.25) is 0 Å². The number of aliphatic hydroxyl groups excluding tert-OH is 1. The number of carbonyl (C=O) groups is 2. The van der Waals surface area contributed by atoms with Crippen molar-refractivity contribution in [2.45, 2.75) is 78.6 Å². The average Bonchev–Trinajstić information content (AvgIpc) is 3.47. The summed E-state index contributed by atoms with van der Waals surface area (Å²) in [6.45, 7) is 12.5. The molecule has 4 aliphatic rings. The molecule has 2 bridgehead atoms. The molecule has 1 unspecified atom stereocenters.